The second-order valence-corrected chi connectivity index (χ2v) is 6.85. The molecule has 1 heterocycles. The maximum Gasteiger partial charge on any atom is 0.335 e. The maximum atomic E-state index is 12.3. The van der Waals surface area contributed by atoms with Gasteiger partial charge in [0.05, 0.1) is 17.4 Å². The van der Waals surface area contributed by atoms with Gasteiger partial charge in [-0.25, -0.2) is 4.79 Å². The van der Waals surface area contributed by atoms with Gasteiger partial charge in [-0.3, -0.25) is 4.79 Å². The molecule has 2 N–H and O–H groups in total. The number of anilines is 1. The monoisotopic (exact) mass is 383 g/mol. The molecule has 2 aromatic carbocycles. The molecular formula is C22H25NO5. The van der Waals surface area contributed by atoms with Gasteiger partial charge < -0.3 is 19.9 Å². The average Bonchev–Trinajstić information content (AvgIpc) is 2.72. The first-order chi connectivity index (χ1) is 13.6. The lowest BCUT2D eigenvalue weighted by atomic mass is 10.1. The van der Waals surface area contributed by atoms with E-state index in [0.29, 0.717) is 30.9 Å². The second-order valence-electron chi connectivity index (χ2n) is 6.85. The quantitative estimate of drug-likeness (QED) is 0.722. The number of hydrogen-bond donors (Lipinski definition) is 2. The third-order valence-electron chi connectivity index (χ3n) is 4.70. The molecule has 0 radical (unpaired) electrons. The molecule has 1 unspecified atom stereocenters. The highest BCUT2D eigenvalue weighted by atomic mass is 16.5. The number of carbonyl (C=O) groups is 2. The smallest absolute Gasteiger partial charge is 0.335 e. The summed E-state index contributed by atoms with van der Waals surface area (Å²) >= 11 is 0. The number of amides is 1. The van der Waals surface area contributed by atoms with Gasteiger partial charge in [-0.1, -0.05) is 24.3 Å². The number of carbonyl (C=O) groups excluding carboxylic acids is 1. The largest absolute Gasteiger partial charge is 0.489 e. The van der Waals surface area contributed by atoms with Gasteiger partial charge in [-0.05, 0) is 55.5 Å². The average molecular weight is 383 g/mol. The Balaban J connectivity index is 1.51. The summed E-state index contributed by atoms with van der Waals surface area (Å²) in [6.45, 7) is 1.25. The van der Waals surface area contributed by atoms with Crippen LogP contribution in [0.15, 0.2) is 48.5 Å². The zero-order valence-corrected chi connectivity index (χ0v) is 15.7. The SMILES string of the molecule is O=C(CCc1ccc(C(=O)O)cc1)Nc1ccccc1OCC1CCCCO1. The molecule has 0 saturated carbocycles. The Morgan fingerprint density at radius 1 is 1.11 bits per heavy atom. The van der Waals surface area contributed by atoms with Crippen LogP contribution < -0.4 is 10.1 Å². The van der Waals surface area contributed by atoms with E-state index in [9.17, 15) is 9.59 Å². The highest BCUT2D eigenvalue weighted by Crippen LogP contribution is 2.25. The molecule has 148 valence electrons. The molecule has 28 heavy (non-hydrogen) atoms. The van der Waals surface area contributed by atoms with Gasteiger partial charge in [0.25, 0.3) is 0 Å². The summed E-state index contributed by atoms with van der Waals surface area (Å²) in [6.07, 6.45) is 4.18. The van der Waals surface area contributed by atoms with E-state index in [0.717, 1.165) is 31.4 Å². The minimum atomic E-state index is -0.959. The van der Waals surface area contributed by atoms with Crippen LogP contribution in [0.25, 0.3) is 0 Å². The van der Waals surface area contributed by atoms with E-state index in [1.807, 2.05) is 24.3 Å². The van der Waals surface area contributed by atoms with Gasteiger partial charge in [0.1, 0.15) is 12.4 Å². The Hall–Kier alpha value is -2.86. The van der Waals surface area contributed by atoms with Crippen LogP contribution in [-0.2, 0) is 16.0 Å². The van der Waals surface area contributed by atoms with Gasteiger partial charge in [-0.15, -0.1) is 0 Å². The molecule has 0 spiro atoms. The molecule has 1 fully saturated rings. The van der Waals surface area contributed by atoms with Crippen LogP contribution in [0.5, 0.6) is 5.75 Å². The predicted octanol–water partition coefficient (Wildman–Crippen LogP) is 3.90. The molecule has 1 aliphatic heterocycles. The van der Waals surface area contributed by atoms with Crippen molar-refractivity contribution in [2.75, 3.05) is 18.5 Å². The number of nitrogens with one attached hydrogen (secondary N) is 1. The number of carboxylic acid groups (broad SMARTS) is 1. The molecule has 0 aromatic heterocycles. The highest BCUT2D eigenvalue weighted by Gasteiger charge is 2.16. The van der Waals surface area contributed by atoms with E-state index < -0.39 is 5.97 Å². The molecule has 1 atom stereocenters. The normalized spacial score (nSPS) is 16.4. The van der Waals surface area contributed by atoms with Crippen LogP contribution in [0.4, 0.5) is 5.69 Å². The summed E-state index contributed by atoms with van der Waals surface area (Å²) in [7, 11) is 0. The van der Waals surface area contributed by atoms with E-state index >= 15 is 0 Å². The van der Waals surface area contributed by atoms with Crippen molar-refractivity contribution >= 4 is 17.6 Å². The van der Waals surface area contributed by atoms with E-state index in [2.05, 4.69) is 5.32 Å². The maximum absolute atomic E-state index is 12.3. The topological polar surface area (TPSA) is 84.9 Å². The van der Waals surface area contributed by atoms with Crippen molar-refractivity contribution in [2.45, 2.75) is 38.2 Å². The summed E-state index contributed by atoms with van der Waals surface area (Å²) in [5, 5.41) is 11.8. The number of ether oxygens (including phenoxy) is 2. The first-order valence-corrected chi connectivity index (χ1v) is 9.57. The minimum Gasteiger partial charge on any atom is -0.489 e. The lowest BCUT2D eigenvalue weighted by Crippen LogP contribution is -2.26. The van der Waals surface area contributed by atoms with Crippen LogP contribution in [0.1, 0.15) is 41.6 Å². The van der Waals surface area contributed by atoms with Crippen LogP contribution in [0.3, 0.4) is 0 Å². The molecule has 0 aliphatic carbocycles. The molecular weight excluding hydrogens is 358 g/mol. The summed E-state index contributed by atoms with van der Waals surface area (Å²) in [5.41, 5.74) is 1.80. The predicted molar refractivity (Wildman–Crippen MR) is 106 cm³/mol. The van der Waals surface area contributed by atoms with E-state index in [4.69, 9.17) is 14.6 Å². The lowest BCUT2D eigenvalue weighted by molar-refractivity contribution is -0.116. The van der Waals surface area contributed by atoms with Crippen LogP contribution in [0.2, 0.25) is 0 Å². The van der Waals surface area contributed by atoms with Crippen molar-refractivity contribution in [3.05, 3.63) is 59.7 Å². The first kappa shape index (κ1) is 19.9. The Labute approximate surface area is 164 Å². The van der Waals surface area contributed by atoms with E-state index in [-0.39, 0.29) is 17.6 Å². The number of hydrogen-bond acceptors (Lipinski definition) is 4. The second kappa shape index (κ2) is 9.90. The van der Waals surface area contributed by atoms with Crippen molar-refractivity contribution in [1.29, 1.82) is 0 Å². The molecule has 1 saturated heterocycles. The molecule has 3 rings (SSSR count). The fourth-order valence-corrected chi connectivity index (χ4v) is 3.10. The van der Waals surface area contributed by atoms with Crippen molar-refractivity contribution in [3.8, 4) is 5.75 Å². The number of aromatic carboxylic acids is 1. The third kappa shape index (κ3) is 5.82. The third-order valence-corrected chi connectivity index (χ3v) is 4.70. The van der Waals surface area contributed by atoms with Crippen LogP contribution >= 0.6 is 0 Å². The zero-order chi connectivity index (χ0) is 19.8. The molecule has 1 aliphatic rings. The molecule has 2 aromatic rings. The van der Waals surface area contributed by atoms with Crippen LogP contribution in [0, 0.1) is 0 Å². The van der Waals surface area contributed by atoms with Crippen molar-refractivity contribution in [3.63, 3.8) is 0 Å². The Morgan fingerprint density at radius 3 is 2.61 bits per heavy atom. The lowest BCUT2D eigenvalue weighted by Gasteiger charge is -2.23. The Morgan fingerprint density at radius 2 is 1.89 bits per heavy atom. The highest BCUT2D eigenvalue weighted by molar-refractivity contribution is 5.92. The van der Waals surface area contributed by atoms with Gasteiger partial charge in [-0.2, -0.15) is 0 Å². The van der Waals surface area contributed by atoms with Crippen molar-refractivity contribution in [2.24, 2.45) is 0 Å². The summed E-state index contributed by atoms with van der Waals surface area (Å²) in [6, 6.07) is 13.9. The van der Waals surface area contributed by atoms with E-state index in [1.54, 1.807) is 24.3 Å². The number of rotatable bonds is 8. The summed E-state index contributed by atoms with van der Waals surface area (Å²) < 4.78 is 11.6. The van der Waals surface area contributed by atoms with Crippen molar-refractivity contribution in [1.82, 2.24) is 0 Å². The fourth-order valence-electron chi connectivity index (χ4n) is 3.10. The number of benzene rings is 2. The fraction of sp³-hybridized carbons (Fsp3) is 0.364. The standard InChI is InChI=1S/C22H25NO5/c24-21(13-10-16-8-11-17(12-9-16)22(25)26)23-19-6-1-2-7-20(19)28-15-18-5-3-4-14-27-18/h1-2,6-9,11-12,18H,3-5,10,13-15H2,(H,23,24)(H,25,26). The van der Waals surface area contributed by atoms with Gasteiger partial charge in [0, 0.05) is 13.0 Å². The van der Waals surface area contributed by atoms with Gasteiger partial charge in [0.2, 0.25) is 5.91 Å². The Kier molecular flexibility index (Phi) is 7.03. The van der Waals surface area contributed by atoms with Gasteiger partial charge >= 0.3 is 5.97 Å². The van der Waals surface area contributed by atoms with Crippen LogP contribution in [-0.4, -0.2) is 36.3 Å². The Bertz CT molecular complexity index is 797. The molecule has 1 amide bonds. The zero-order valence-electron chi connectivity index (χ0n) is 15.7. The molecule has 6 heteroatoms. The summed E-state index contributed by atoms with van der Waals surface area (Å²) in [4.78, 5) is 23.2. The number of carboxylic acids is 1. The van der Waals surface area contributed by atoms with Crippen molar-refractivity contribution < 1.29 is 24.2 Å². The van der Waals surface area contributed by atoms with Gasteiger partial charge in [0.15, 0.2) is 0 Å². The minimum absolute atomic E-state index is 0.103. The number of para-hydroxylation sites is 2. The first-order valence-electron chi connectivity index (χ1n) is 9.57. The summed E-state index contributed by atoms with van der Waals surface area (Å²) in [5.74, 6) is -0.442. The number of aryl methyl sites for hydroxylation is 1. The van der Waals surface area contributed by atoms with E-state index in [1.165, 1.54) is 0 Å². The molecule has 0 bridgehead atoms. The molecule has 6 nitrogen and oxygen atoms in total.